The molecule has 1 aliphatic carbocycles. The van der Waals surface area contributed by atoms with Crippen LogP contribution in [0, 0.1) is 0 Å². The van der Waals surface area contributed by atoms with Gasteiger partial charge in [0, 0.05) is 6.04 Å². The third kappa shape index (κ3) is 3.14. The standard InChI is InChI=1S/C11H15NO5S2/c13-8-4-2-1-3-7(8)12-19(16,17)9-5-6-18-10(9)11(14)15/h5-8,12-13H,1-4H2,(H,14,15)/t7-,8-/m0/s1. The van der Waals surface area contributed by atoms with Gasteiger partial charge < -0.3 is 10.2 Å². The molecule has 1 heterocycles. The number of carbonyl (C=O) groups is 1. The van der Waals surface area contributed by atoms with Crippen LogP contribution in [0.1, 0.15) is 35.4 Å². The minimum absolute atomic E-state index is 0.210. The maximum atomic E-state index is 12.2. The van der Waals surface area contributed by atoms with E-state index in [0.29, 0.717) is 12.8 Å². The molecule has 1 fully saturated rings. The number of hydrogen-bond acceptors (Lipinski definition) is 5. The number of hydrogen-bond donors (Lipinski definition) is 3. The number of carboxylic acids is 1. The van der Waals surface area contributed by atoms with Crippen molar-refractivity contribution >= 4 is 27.3 Å². The zero-order valence-corrected chi connectivity index (χ0v) is 11.7. The van der Waals surface area contributed by atoms with Crippen LogP contribution < -0.4 is 4.72 Å². The predicted molar refractivity (Wildman–Crippen MR) is 69.9 cm³/mol. The first kappa shape index (κ1) is 14.4. The number of carboxylic acid groups (broad SMARTS) is 1. The van der Waals surface area contributed by atoms with E-state index in [1.807, 2.05) is 0 Å². The van der Waals surface area contributed by atoms with Crippen LogP contribution in [0.4, 0.5) is 0 Å². The van der Waals surface area contributed by atoms with Gasteiger partial charge in [-0.25, -0.2) is 17.9 Å². The molecule has 19 heavy (non-hydrogen) atoms. The topological polar surface area (TPSA) is 104 Å². The normalized spacial score (nSPS) is 24.3. The summed E-state index contributed by atoms with van der Waals surface area (Å²) in [5.41, 5.74) is 0. The molecule has 0 bridgehead atoms. The van der Waals surface area contributed by atoms with Crippen LogP contribution in [0.3, 0.4) is 0 Å². The van der Waals surface area contributed by atoms with E-state index < -0.39 is 28.1 Å². The highest BCUT2D eigenvalue weighted by molar-refractivity contribution is 7.89. The van der Waals surface area contributed by atoms with Gasteiger partial charge in [-0.3, -0.25) is 0 Å². The van der Waals surface area contributed by atoms with Gasteiger partial charge in [0.05, 0.1) is 6.10 Å². The molecule has 1 aliphatic rings. The molecule has 2 atom stereocenters. The average Bonchev–Trinajstić information content (AvgIpc) is 2.82. The zero-order valence-electron chi connectivity index (χ0n) is 10.1. The van der Waals surface area contributed by atoms with E-state index in [2.05, 4.69) is 4.72 Å². The molecular weight excluding hydrogens is 290 g/mol. The number of rotatable bonds is 4. The minimum Gasteiger partial charge on any atom is -0.477 e. The lowest BCUT2D eigenvalue weighted by atomic mass is 9.93. The van der Waals surface area contributed by atoms with Crippen molar-refractivity contribution in [2.75, 3.05) is 0 Å². The van der Waals surface area contributed by atoms with Crippen molar-refractivity contribution < 1.29 is 23.4 Å². The van der Waals surface area contributed by atoms with Crippen LogP contribution in [0.2, 0.25) is 0 Å². The molecule has 1 saturated carbocycles. The summed E-state index contributed by atoms with van der Waals surface area (Å²) < 4.78 is 26.7. The van der Waals surface area contributed by atoms with Crippen molar-refractivity contribution in [1.29, 1.82) is 0 Å². The van der Waals surface area contributed by atoms with Crippen LogP contribution >= 0.6 is 11.3 Å². The number of aliphatic hydroxyl groups excluding tert-OH is 1. The summed E-state index contributed by atoms with van der Waals surface area (Å²) in [6.45, 7) is 0. The molecule has 0 aromatic carbocycles. The SMILES string of the molecule is O=C(O)c1sccc1S(=O)(=O)N[C@H]1CCCC[C@@H]1O. The molecule has 0 spiro atoms. The van der Waals surface area contributed by atoms with E-state index in [-0.39, 0.29) is 9.77 Å². The molecule has 1 aromatic heterocycles. The Morgan fingerprint density at radius 1 is 1.37 bits per heavy atom. The van der Waals surface area contributed by atoms with Crippen LogP contribution in [-0.2, 0) is 10.0 Å². The van der Waals surface area contributed by atoms with E-state index >= 15 is 0 Å². The number of sulfonamides is 1. The fourth-order valence-corrected chi connectivity index (χ4v) is 4.74. The molecule has 0 unspecified atom stereocenters. The Morgan fingerprint density at radius 2 is 2.05 bits per heavy atom. The first-order valence-corrected chi connectivity index (χ1v) is 8.29. The molecule has 0 amide bonds. The highest BCUT2D eigenvalue weighted by atomic mass is 32.2. The summed E-state index contributed by atoms with van der Waals surface area (Å²) >= 11 is 0.866. The van der Waals surface area contributed by atoms with Crippen LogP contribution in [-0.4, -0.2) is 36.7 Å². The average molecular weight is 305 g/mol. The molecule has 6 nitrogen and oxygen atoms in total. The molecular formula is C11H15NO5S2. The van der Waals surface area contributed by atoms with Crippen molar-refractivity contribution in [2.45, 2.75) is 42.7 Å². The number of nitrogens with one attached hydrogen (secondary N) is 1. The van der Waals surface area contributed by atoms with Gasteiger partial charge in [-0.15, -0.1) is 11.3 Å². The van der Waals surface area contributed by atoms with Gasteiger partial charge in [0.25, 0.3) is 0 Å². The summed E-state index contributed by atoms with van der Waals surface area (Å²) in [5.74, 6) is -1.26. The summed E-state index contributed by atoms with van der Waals surface area (Å²) in [5, 5.41) is 20.1. The predicted octanol–water partition coefficient (Wildman–Crippen LogP) is 1.03. The second kappa shape index (κ2) is 5.58. The van der Waals surface area contributed by atoms with Crippen molar-refractivity contribution in [1.82, 2.24) is 4.72 Å². The molecule has 1 aromatic rings. The van der Waals surface area contributed by atoms with Gasteiger partial charge in [-0.05, 0) is 24.3 Å². The van der Waals surface area contributed by atoms with Gasteiger partial charge in [0.15, 0.2) is 0 Å². The van der Waals surface area contributed by atoms with Crippen LogP contribution in [0.15, 0.2) is 16.3 Å². The summed E-state index contributed by atoms with van der Waals surface area (Å²) in [7, 11) is -3.91. The number of aliphatic hydroxyl groups is 1. The third-order valence-electron chi connectivity index (χ3n) is 3.15. The fraction of sp³-hybridized carbons (Fsp3) is 0.545. The van der Waals surface area contributed by atoms with Gasteiger partial charge in [-0.1, -0.05) is 12.8 Å². The van der Waals surface area contributed by atoms with E-state index in [1.54, 1.807) is 0 Å². The highest BCUT2D eigenvalue weighted by Crippen LogP contribution is 2.24. The van der Waals surface area contributed by atoms with Crippen molar-refractivity contribution in [3.63, 3.8) is 0 Å². The van der Waals surface area contributed by atoms with Gasteiger partial charge in [0.2, 0.25) is 10.0 Å². The lowest BCUT2D eigenvalue weighted by Crippen LogP contribution is -2.45. The second-order valence-corrected chi connectivity index (χ2v) is 7.10. The molecule has 0 radical (unpaired) electrons. The molecule has 2 rings (SSSR count). The van der Waals surface area contributed by atoms with E-state index in [1.165, 1.54) is 11.4 Å². The van der Waals surface area contributed by atoms with Gasteiger partial charge in [0.1, 0.15) is 9.77 Å². The molecule has 0 saturated heterocycles. The molecule has 106 valence electrons. The van der Waals surface area contributed by atoms with Crippen molar-refractivity contribution in [3.8, 4) is 0 Å². The zero-order chi connectivity index (χ0) is 14.0. The Balaban J connectivity index is 2.22. The van der Waals surface area contributed by atoms with E-state index in [9.17, 15) is 18.3 Å². The summed E-state index contributed by atoms with van der Waals surface area (Å²) in [6.07, 6.45) is 2.13. The molecule has 3 N–H and O–H groups in total. The smallest absolute Gasteiger partial charge is 0.347 e. The van der Waals surface area contributed by atoms with Crippen molar-refractivity contribution in [2.24, 2.45) is 0 Å². The lowest BCUT2D eigenvalue weighted by molar-refractivity contribution is 0.0698. The Morgan fingerprint density at radius 3 is 2.68 bits per heavy atom. The highest BCUT2D eigenvalue weighted by Gasteiger charge is 2.30. The Kier molecular flexibility index (Phi) is 4.24. The molecule has 8 heteroatoms. The van der Waals surface area contributed by atoms with E-state index in [0.717, 1.165) is 24.2 Å². The molecule has 0 aliphatic heterocycles. The summed E-state index contributed by atoms with van der Waals surface area (Å²) in [4.78, 5) is 10.5. The van der Waals surface area contributed by atoms with Crippen molar-refractivity contribution in [3.05, 3.63) is 16.3 Å². The van der Waals surface area contributed by atoms with Crippen LogP contribution in [0.25, 0.3) is 0 Å². The monoisotopic (exact) mass is 305 g/mol. The largest absolute Gasteiger partial charge is 0.477 e. The summed E-state index contributed by atoms with van der Waals surface area (Å²) in [6, 6.07) is 0.728. The maximum Gasteiger partial charge on any atom is 0.347 e. The second-order valence-electron chi connectivity index (χ2n) is 4.50. The quantitative estimate of drug-likeness (QED) is 0.770. The first-order chi connectivity index (χ1) is 8.92. The minimum atomic E-state index is -3.91. The van der Waals surface area contributed by atoms with E-state index in [4.69, 9.17) is 5.11 Å². The lowest BCUT2D eigenvalue weighted by Gasteiger charge is -2.27. The Bertz CT molecular complexity index is 565. The third-order valence-corrected chi connectivity index (χ3v) is 5.71. The maximum absolute atomic E-state index is 12.2. The fourth-order valence-electron chi connectivity index (χ4n) is 2.18. The van der Waals surface area contributed by atoms with Crippen LogP contribution in [0.5, 0.6) is 0 Å². The first-order valence-electron chi connectivity index (χ1n) is 5.93. The van der Waals surface area contributed by atoms with Gasteiger partial charge in [-0.2, -0.15) is 0 Å². The number of aromatic carboxylic acids is 1. The Labute approximate surface area is 115 Å². The van der Waals surface area contributed by atoms with Gasteiger partial charge >= 0.3 is 5.97 Å². The Hall–Kier alpha value is -0.960. The number of thiophene rings is 1.